The molecule has 1 N–H and O–H groups in total. The summed E-state index contributed by atoms with van der Waals surface area (Å²) >= 11 is 0. The molecule has 1 aliphatic heterocycles. The highest BCUT2D eigenvalue weighted by molar-refractivity contribution is 5.94. The number of rotatable bonds is 6. The van der Waals surface area contributed by atoms with Crippen LogP contribution in [0.5, 0.6) is 5.75 Å². The molecule has 5 nitrogen and oxygen atoms in total. The average molecular weight is 376 g/mol. The lowest BCUT2D eigenvalue weighted by atomic mass is 10.1. The lowest BCUT2D eigenvalue weighted by Crippen LogP contribution is -2.51. The Kier molecular flexibility index (Phi) is 6.36. The number of para-hydroxylation sites is 1. The molecule has 1 atom stereocenters. The maximum atomic E-state index is 13.5. The monoisotopic (exact) mass is 376 g/mol. The summed E-state index contributed by atoms with van der Waals surface area (Å²) in [6.45, 7) is 2.66. The van der Waals surface area contributed by atoms with Crippen molar-refractivity contribution in [2.75, 3.05) is 39.3 Å². The highest BCUT2D eigenvalue weighted by atomic mass is 19.1. The third-order valence-corrected chi connectivity index (χ3v) is 4.49. The van der Waals surface area contributed by atoms with Crippen molar-refractivity contribution in [2.24, 2.45) is 0 Å². The van der Waals surface area contributed by atoms with Crippen molar-refractivity contribution >= 4 is 5.91 Å². The molecule has 27 heavy (non-hydrogen) atoms. The first-order valence-electron chi connectivity index (χ1n) is 8.85. The van der Waals surface area contributed by atoms with Gasteiger partial charge in [-0.1, -0.05) is 12.1 Å². The molecule has 2 aromatic carbocycles. The van der Waals surface area contributed by atoms with Crippen LogP contribution in [0.25, 0.3) is 0 Å². The summed E-state index contributed by atoms with van der Waals surface area (Å²) in [6.07, 6.45) is -0.760. The second-order valence-corrected chi connectivity index (χ2v) is 6.49. The predicted molar refractivity (Wildman–Crippen MR) is 96.6 cm³/mol. The van der Waals surface area contributed by atoms with Crippen LogP contribution in [0.4, 0.5) is 8.78 Å². The number of aliphatic hydroxyl groups excluding tert-OH is 1. The number of amides is 1. The molecule has 0 aliphatic carbocycles. The van der Waals surface area contributed by atoms with E-state index in [0.29, 0.717) is 38.3 Å². The molecule has 3 rings (SSSR count). The van der Waals surface area contributed by atoms with E-state index in [1.54, 1.807) is 17.0 Å². The van der Waals surface area contributed by atoms with Gasteiger partial charge in [0.05, 0.1) is 0 Å². The first kappa shape index (κ1) is 19.3. The minimum absolute atomic E-state index is 0.00431. The Bertz CT molecular complexity index is 762. The third kappa shape index (κ3) is 5.24. The molecule has 1 amide bonds. The van der Waals surface area contributed by atoms with Crippen molar-refractivity contribution in [3.63, 3.8) is 0 Å². The van der Waals surface area contributed by atoms with Crippen molar-refractivity contribution in [1.82, 2.24) is 9.80 Å². The van der Waals surface area contributed by atoms with Crippen molar-refractivity contribution in [3.8, 4) is 5.75 Å². The number of hydrogen-bond acceptors (Lipinski definition) is 4. The summed E-state index contributed by atoms with van der Waals surface area (Å²) in [7, 11) is 0. The van der Waals surface area contributed by atoms with Crippen LogP contribution in [0.2, 0.25) is 0 Å². The number of hydrogen-bond donors (Lipinski definition) is 1. The SMILES string of the molecule is O=C(c1ccc(F)cc1)N1CCN(CC(O)COc2ccccc2F)CC1. The van der Waals surface area contributed by atoms with E-state index in [-0.39, 0.29) is 24.1 Å². The molecule has 0 saturated carbocycles. The van der Waals surface area contributed by atoms with Crippen LogP contribution in [-0.4, -0.2) is 66.2 Å². The molecule has 0 bridgehead atoms. The third-order valence-electron chi connectivity index (χ3n) is 4.49. The van der Waals surface area contributed by atoms with E-state index in [4.69, 9.17) is 4.74 Å². The average Bonchev–Trinajstić information content (AvgIpc) is 2.68. The Morgan fingerprint density at radius 1 is 1.04 bits per heavy atom. The molecule has 1 heterocycles. The van der Waals surface area contributed by atoms with Crippen LogP contribution >= 0.6 is 0 Å². The van der Waals surface area contributed by atoms with Gasteiger partial charge in [0, 0.05) is 38.3 Å². The molecule has 1 unspecified atom stereocenters. The van der Waals surface area contributed by atoms with Crippen LogP contribution in [0.15, 0.2) is 48.5 Å². The summed E-state index contributed by atoms with van der Waals surface area (Å²) in [4.78, 5) is 16.2. The van der Waals surface area contributed by atoms with E-state index in [1.807, 2.05) is 4.90 Å². The predicted octanol–water partition coefficient (Wildman–Crippen LogP) is 2.16. The summed E-state index contributed by atoms with van der Waals surface area (Å²) in [5.74, 6) is -0.843. The quantitative estimate of drug-likeness (QED) is 0.840. The molecule has 144 valence electrons. The number of benzene rings is 2. The maximum Gasteiger partial charge on any atom is 0.253 e. The Balaban J connectivity index is 1.43. The van der Waals surface area contributed by atoms with E-state index in [2.05, 4.69) is 0 Å². The smallest absolute Gasteiger partial charge is 0.253 e. The van der Waals surface area contributed by atoms with Crippen LogP contribution in [0, 0.1) is 11.6 Å². The number of piperazine rings is 1. The van der Waals surface area contributed by atoms with Gasteiger partial charge in [0.2, 0.25) is 0 Å². The number of β-amino-alcohol motifs (C(OH)–C–C–N with tert-alkyl or cyclic N) is 1. The lowest BCUT2D eigenvalue weighted by Gasteiger charge is -2.35. The highest BCUT2D eigenvalue weighted by Crippen LogP contribution is 2.16. The fourth-order valence-electron chi connectivity index (χ4n) is 3.01. The number of carbonyl (C=O) groups is 1. The second kappa shape index (κ2) is 8.92. The van der Waals surface area contributed by atoms with E-state index in [1.165, 1.54) is 36.4 Å². The van der Waals surface area contributed by atoms with Gasteiger partial charge in [-0.25, -0.2) is 8.78 Å². The number of halogens is 2. The maximum absolute atomic E-state index is 13.5. The van der Waals surface area contributed by atoms with Gasteiger partial charge in [0.15, 0.2) is 11.6 Å². The van der Waals surface area contributed by atoms with Crippen LogP contribution in [0.1, 0.15) is 10.4 Å². The van der Waals surface area contributed by atoms with Gasteiger partial charge >= 0.3 is 0 Å². The van der Waals surface area contributed by atoms with Gasteiger partial charge < -0.3 is 14.7 Å². The second-order valence-electron chi connectivity index (χ2n) is 6.49. The minimum atomic E-state index is -0.760. The van der Waals surface area contributed by atoms with Crippen molar-refractivity contribution in [3.05, 3.63) is 65.7 Å². The molecule has 0 spiro atoms. The Labute approximate surface area is 156 Å². The molecule has 1 aliphatic rings. The summed E-state index contributed by atoms with van der Waals surface area (Å²) < 4.78 is 31.8. The molecule has 1 saturated heterocycles. The largest absolute Gasteiger partial charge is 0.488 e. The molecule has 1 fully saturated rings. The Morgan fingerprint density at radius 2 is 1.70 bits per heavy atom. The summed E-state index contributed by atoms with van der Waals surface area (Å²) in [5, 5.41) is 10.1. The topological polar surface area (TPSA) is 53.0 Å². The minimum Gasteiger partial charge on any atom is -0.488 e. The zero-order valence-electron chi connectivity index (χ0n) is 14.9. The zero-order valence-corrected chi connectivity index (χ0v) is 14.9. The van der Waals surface area contributed by atoms with Crippen molar-refractivity contribution in [1.29, 1.82) is 0 Å². The van der Waals surface area contributed by atoms with E-state index < -0.39 is 11.9 Å². The molecular formula is C20H22F2N2O3. The van der Waals surface area contributed by atoms with E-state index >= 15 is 0 Å². The number of ether oxygens (including phenoxy) is 1. The van der Waals surface area contributed by atoms with Crippen molar-refractivity contribution in [2.45, 2.75) is 6.10 Å². The molecule has 0 radical (unpaired) electrons. The molecule has 0 aromatic heterocycles. The van der Waals surface area contributed by atoms with Crippen LogP contribution in [-0.2, 0) is 0 Å². The molecule has 7 heteroatoms. The summed E-state index contributed by atoms with van der Waals surface area (Å²) in [5.41, 5.74) is 0.461. The van der Waals surface area contributed by atoms with Gasteiger partial charge in [-0.05, 0) is 36.4 Å². The number of carbonyl (C=O) groups excluding carboxylic acids is 1. The van der Waals surface area contributed by atoms with Gasteiger partial charge in [0.1, 0.15) is 18.5 Å². The first-order chi connectivity index (χ1) is 13.0. The van der Waals surface area contributed by atoms with Crippen LogP contribution in [0.3, 0.4) is 0 Å². The fraction of sp³-hybridized carbons (Fsp3) is 0.350. The molecular weight excluding hydrogens is 354 g/mol. The van der Waals surface area contributed by atoms with Crippen molar-refractivity contribution < 1.29 is 23.4 Å². The normalized spacial score (nSPS) is 16.2. The zero-order chi connectivity index (χ0) is 19.2. The lowest BCUT2D eigenvalue weighted by molar-refractivity contribution is 0.0398. The standard InChI is InChI=1S/C20H22F2N2O3/c21-16-7-5-15(6-8-16)20(26)24-11-9-23(10-12-24)13-17(25)14-27-19-4-2-1-3-18(19)22/h1-8,17,25H,9-14H2. The van der Waals surface area contributed by atoms with Gasteiger partial charge in [-0.15, -0.1) is 0 Å². The van der Waals surface area contributed by atoms with Gasteiger partial charge in [-0.2, -0.15) is 0 Å². The molecule has 2 aromatic rings. The van der Waals surface area contributed by atoms with E-state index in [0.717, 1.165) is 0 Å². The van der Waals surface area contributed by atoms with Gasteiger partial charge in [0.25, 0.3) is 5.91 Å². The summed E-state index contributed by atoms with van der Waals surface area (Å²) in [6, 6.07) is 11.6. The number of nitrogens with zero attached hydrogens (tertiary/aromatic N) is 2. The number of aliphatic hydroxyl groups is 1. The fourth-order valence-corrected chi connectivity index (χ4v) is 3.01. The van der Waals surface area contributed by atoms with Gasteiger partial charge in [-0.3, -0.25) is 9.69 Å². The Hall–Kier alpha value is -2.51. The van der Waals surface area contributed by atoms with E-state index in [9.17, 15) is 18.7 Å². The highest BCUT2D eigenvalue weighted by Gasteiger charge is 2.23. The van der Waals surface area contributed by atoms with Crippen LogP contribution < -0.4 is 4.74 Å². The Morgan fingerprint density at radius 3 is 2.37 bits per heavy atom. The first-order valence-corrected chi connectivity index (χ1v) is 8.85.